The monoisotopic (exact) mass is 390 g/mol. The summed E-state index contributed by atoms with van der Waals surface area (Å²) in [6.45, 7) is 4.50. The molecule has 1 fully saturated rings. The summed E-state index contributed by atoms with van der Waals surface area (Å²) < 4.78 is 5.77. The van der Waals surface area contributed by atoms with Crippen LogP contribution in [-0.2, 0) is 4.79 Å². The molecule has 2 aromatic rings. The summed E-state index contributed by atoms with van der Waals surface area (Å²) in [7, 11) is 0. The Morgan fingerprint density at radius 2 is 2.11 bits per heavy atom. The van der Waals surface area contributed by atoms with E-state index in [4.69, 9.17) is 4.74 Å². The van der Waals surface area contributed by atoms with Crippen LogP contribution >= 0.6 is 11.8 Å². The maximum atomic E-state index is 12.9. The number of amidine groups is 1. The normalized spacial score (nSPS) is 18.8. The van der Waals surface area contributed by atoms with E-state index >= 15 is 0 Å². The van der Waals surface area contributed by atoms with Gasteiger partial charge in [-0.1, -0.05) is 30.3 Å². The summed E-state index contributed by atoms with van der Waals surface area (Å²) in [5.74, 6) is 0.850. The Hall–Kier alpha value is -3.25. The molecule has 5 nitrogen and oxygen atoms in total. The summed E-state index contributed by atoms with van der Waals surface area (Å²) in [6, 6.07) is 14.4. The lowest BCUT2D eigenvalue weighted by molar-refractivity contribution is -0.121. The number of phenols is 1. The Labute approximate surface area is 167 Å². The van der Waals surface area contributed by atoms with E-state index in [9.17, 15) is 9.90 Å². The molecule has 0 unspecified atom stereocenters. The van der Waals surface area contributed by atoms with Gasteiger partial charge in [0, 0.05) is 18.2 Å². The SMILES string of the molecule is C=CCN1C(=O)/C(=C/C2=Cc3ccccc3OC2)SC1=Nc1cccc(O)c1. The van der Waals surface area contributed by atoms with Crippen molar-refractivity contribution >= 4 is 34.6 Å². The number of ether oxygens (including phenoxy) is 1. The van der Waals surface area contributed by atoms with Crippen molar-refractivity contribution in [2.24, 2.45) is 4.99 Å². The highest BCUT2D eigenvalue weighted by Crippen LogP contribution is 2.35. The number of nitrogens with zero attached hydrogens (tertiary/aromatic N) is 2. The van der Waals surface area contributed by atoms with Crippen LogP contribution in [0.15, 0.2) is 82.7 Å². The van der Waals surface area contributed by atoms with Crippen LogP contribution < -0.4 is 4.74 Å². The van der Waals surface area contributed by atoms with Gasteiger partial charge >= 0.3 is 0 Å². The third kappa shape index (κ3) is 3.73. The number of aromatic hydroxyl groups is 1. The Balaban J connectivity index is 1.66. The highest BCUT2D eigenvalue weighted by Gasteiger charge is 2.33. The molecule has 0 aliphatic carbocycles. The molecule has 0 spiro atoms. The molecule has 28 heavy (non-hydrogen) atoms. The molecule has 1 saturated heterocycles. The number of hydrogen-bond acceptors (Lipinski definition) is 5. The van der Waals surface area contributed by atoms with Crippen molar-refractivity contribution in [3.63, 3.8) is 0 Å². The Morgan fingerprint density at radius 1 is 1.25 bits per heavy atom. The van der Waals surface area contributed by atoms with E-state index in [2.05, 4.69) is 11.6 Å². The number of para-hydroxylation sites is 1. The predicted molar refractivity (Wildman–Crippen MR) is 113 cm³/mol. The maximum Gasteiger partial charge on any atom is 0.267 e. The van der Waals surface area contributed by atoms with Gasteiger partial charge in [0.1, 0.15) is 18.1 Å². The molecule has 0 bridgehead atoms. The molecule has 0 radical (unpaired) electrons. The van der Waals surface area contributed by atoms with Crippen LogP contribution in [0.25, 0.3) is 6.08 Å². The van der Waals surface area contributed by atoms with Crippen LogP contribution in [0.2, 0.25) is 0 Å². The molecule has 2 aromatic carbocycles. The van der Waals surface area contributed by atoms with Crippen molar-refractivity contribution in [2.45, 2.75) is 0 Å². The Kier molecular flexibility index (Phi) is 5.04. The Bertz CT molecular complexity index is 1040. The van der Waals surface area contributed by atoms with Crippen LogP contribution in [0.4, 0.5) is 5.69 Å². The second-order valence-electron chi connectivity index (χ2n) is 6.28. The molecular weight excluding hydrogens is 372 g/mol. The van der Waals surface area contributed by atoms with Crippen molar-refractivity contribution in [1.82, 2.24) is 4.90 Å². The second kappa shape index (κ2) is 7.78. The number of aliphatic imine (C=N–C) groups is 1. The first-order valence-corrected chi connectivity index (χ1v) is 9.58. The molecule has 2 aliphatic heterocycles. The number of hydrogen-bond donors (Lipinski definition) is 1. The van der Waals surface area contributed by atoms with Crippen molar-refractivity contribution < 1.29 is 14.6 Å². The van der Waals surface area contributed by atoms with Gasteiger partial charge in [-0.15, -0.1) is 6.58 Å². The fourth-order valence-corrected chi connectivity index (χ4v) is 3.96. The lowest BCUT2D eigenvalue weighted by atomic mass is 10.1. The second-order valence-corrected chi connectivity index (χ2v) is 7.28. The number of phenolic OH excluding ortho intramolecular Hbond substituents is 1. The number of fused-ring (bicyclic) bond motifs is 1. The highest BCUT2D eigenvalue weighted by atomic mass is 32.2. The van der Waals surface area contributed by atoms with Gasteiger partial charge in [0.15, 0.2) is 5.17 Å². The lowest BCUT2D eigenvalue weighted by Gasteiger charge is -2.16. The van der Waals surface area contributed by atoms with Crippen LogP contribution in [0.3, 0.4) is 0 Å². The average Bonchev–Trinajstić information content (AvgIpc) is 2.97. The first-order valence-electron chi connectivity index (χ1n) is 8.76. The minimum absolute atomic E-state index is 0.122. The Morgan fingerprint density at radius 3 is 2.93 bits per heavy atom. The molecule has 1 amide bonds. The smallest absolute Gasteiger partial charge is 0.267 e. The van der Waals surface area contributed by atoms with Crippen LogP contribution in [0.1, 0.15) is 5.56 Å². The maximum absolute atomic E-state index is 12.9. The molecule has 6 heteroatoms. The molecule has 0 saturated carbocycles. The average molecular weight is 390 g/mol. The van der Waals surface area contributed by atoms with E-state index < -0.39 is 0 Å². The summed E-state index contributed by atoms with van der Waals surface area (Å²) in [5, 5.41) is 10.2. The number of benzene rings is 2. The number of carbonyl (C=O) groups is 1. The molecule has 1 N–H and O–H groups in total. The molecule has 140 valence electrons. The van der Waals surface area contributed by atoms with Gasteiger partial charge < -0.3 is 9.84 Å². The van der Waals surface area contributed by atoms with Crippen molar-refractivity contribution in [3.05, 3.63) is 83.3 Å². The summed E-state index contributed by atoms with van der Waals surface area (Å²) in [5.41, 5.74) is 2.50. The molecule has 2 aliphatic rings. The molecule has 0 aromatic heterocycles. The van der Waals surface area contributed by atoms with Crippen LogP contribution in [-0.4, -0.2) is 34.2 Å². The summed E-state index contributed by atoms with van der Waals surface area (Å²) in [4.78, 5) is 19.6. The highest BCUT2D eigenvalue weighted by molar-refractivity contribution is 8.18. The summed E-state index contributed by atoms with van der Waals surface area (Å²) in [6.07, 6.45) is 5.55. The first kappa shape index (κ1) is 18.1. The number of carbonyl (C=O) groups excluding carboxylic acids is 1. The molecule has 0 atom stereocenters. The van der Waals surface area contributed by atoms with Crippen molar-refractivity contribution in [1.29, 1.82) is 0 Å². The van der Waals surface area contributed by atoms with E-state index in [1.807, 2.05) is 36.4 Å². The van der Waals surface area contributed by atoms with Gasteiger partial charge in [-0.2, -0.15) is 0 Å². The number of thioether (sulfide) groups is 1. The number of amides is 1. The zero-order valence-electron chi connectivity index (χ0n) is 15.0. The zero-order valence-corrected chi connectivity index (χ0v) is 15.9. The van der Waals surface area contributed by atoms with E-state index in [-0.39, 0.29) is 11.7 Å². The standard InChI is InChI=1S/C22H18N2O3S/c1-2-10-24-21(26)20(28-22(24)23-17-7-5-8-18(25)13-17)12-15-11-16-6-3-4-9-19(16)27-14-15/h2-9,11-13,25H,1,10,14H2/b20-12-,23-22?. The van der Waals surface area contributed by atoms with E-state index in [1.54, 1.807) is 35.2 Å². The minimum Gasteiger partial charge on any atom is -0.508 e. The predicted octanol–water partition coefficient (Wildman–Crippen LogP) is 4.50. The van der Waals surface area contributed by atoms with Crippen molar-refractivity contribution in [3.8, 4) is 11.5 Å². The van der Waals surface area contributed by atoms with E-state index in [0.717, 1.165) is 16.9 Å². The molecule has 4 rings (SSSR count). The van der Waals surface area contributed by atoms with Gasteiger partial charge in [0.25, 0.3) is 5.91 Å². The fraction of sp³-hybridized carbons (Fsp3) is 0.0909. The van der Waals surface area contributed by atoms with Gasteiger partial charge in [0.05, 0.1) is 10.6 Å². The summed E-state index contributed by atoms with van der Waals surface area (Å²) >= 11 is 1.30. The van der Waals surface area contributed by atoms with E-state index in [0.29, 0.717) is 28.9 Å². The first-order chi connectivity index (χ1) is 13.6. The van der Waals surface area contributed by atoms with Crippen LogP contribution in [0.5, 0.6) is 11.5 Å². The zero-order chi connectivity index (χ0) is 19.5. The van der Waals surface area contributed by atoms with Gasteiger partial charge in [-0.3, -0.25) is 9.69 Å². The largest absolute Gasteiger partial charge is 0.508 e. The lowest BCUT2D eigenvalue weighted by Crippen LogP contribution is -2.29. The third-order valence-corrected chi connectivity index (χ3v) is 5.23. The molecular formula is C22H18N2O3S. The molecule has 2 heterocycles. The van der Waals surface area contributed by atoms with Gasteiger partial charge in [0.2, 0.25) is 0 Å². The quantitative estimate of drug-likeness (QED) is 0.617. The minimum atomic E-state index is -0.122. The topological polar surface area (TPSA) is 62.1 Å². The number of rotatable bonds is 4. The van der Waals surface area contributed by atoms with Crippen molar-refractivity contribution in [2.75, 3.05) is 13.2 Å². The van der Waals surface area contributed by atoms with Gasteiger partial charge in [-0.25, -0.2) is 4.99 Å². The van der Waals surface area contributed by atoms with Crippen LogP contribution in [0, 0.1) is 0 Å². The third-order valence-electron chi connectivity index (χ3n) is 4.22. The fourth-order valence-electron chi connectivity index (χ4n) is 2.94. The van der Waals surface area contributed by atoms with E-state index in [1.165, 1.54) is 11.8 Å². The van der Waals surface area contributed by atoms with Gasteiger partial charge in [-0.05, 0) is 47.7 Å².